The van der Waals surface area contributed by atoms with Gasteiger partial charge in [-0.15, -0.1) is 0 Å². The predicted molar refractivity (Wildman–Crippen MR) is 106 cm³/mol. The molecule has 1 heterocycles. The Morgan fingerprint density at radius 2 is 1.71 bits per heavy atom. The van der Waals surface area contributed by atoms with E-state index < -0.39 is 23.7 Å². The molecule has 0 fully saturated rings. The Hall–Kier alpha value is -2.92. The molecular formula is C22H17ClF2N2O. The van der Waals surface area contributed by atoms with Crippen molar-refractivity contribution in [2.45, 2.75) is 12.5 Å². The first-order valence-electron chi connectivity index (χ1n) is 8.89. The summed E-state index contributed by atoms with van der Waals surface area (Å²) in [4.78, 5) is 14.6. The SMILES string of the molecule is O=C(Nc1cc(F)ccc1F)N1CCc2ccccc2[C@@H]1c1ccccc1Cl. The normalized spacial score (nSPS) is 15.8. The third-order valence-corrected chi connectivity index (χ3v) is 5.26. The maximum absolute atomic E-state index is 14.0. The number of nitrogens with one attached hydrogen (secondary N) is 1. The fourth-order valence-electron chi connectivity index (χ4n) is 3.60. The molecule has 28 heavy (non-hydrogen) atoms. The lowest BCUT2D eigenvalue weighted by molar-refractivity contribution is 0.194. The molecule has 3 nitrogen and oxygen atoms in total. The van der Waals surface area contributed by atoms with Crippen molar-refractivity contribution < 1.29 is 13.6 Å². The van der Waals surface area contributed by atoms with E-state index in [1.807, 2.05) is 42.5 Å². The number of benzene rings is 3. The van der Waals surface area contributed by atoms with Gasteiger partial charge in [0, 0.05) is 17.6 Å². The second kappa shape index (κ2) is 7.60. The molecule has 1 atom stereocenters. The lowest BCUT2D eigenvalue weighted by atomic mass is 9.88. The average Bonchev–Trinajstić information content (AvgIpc) is 2.70. The molecule has 2 amide bonds. The van der Waals surface area contributed by atoms with Crippen molar-refractivity contribution in [3.05, 3.63) is 100 Å². The van der Waals surface area contributed by atoms with Crippen molar-refractivity contribution in [2.24, 2.45) is 0 Å². The Kier molecular flexibility index (Phi) is 5.01. The minimum Gasteiger partial charge on any atom is -0.313 e. The zero-order valence-corrected chi connectivity index (χ0v) is 15.6. The fraction of sp³-hybridized carbons (Fsp3) is 0.136. The fourth-order valence-corrected chi connectivity index (χ4v) is 3.84. The number of rotatable bonds is 2. The molecule has 6 heteroatoms. The van der Waals surface area contributed by atoms with Gasteiger partial charge in [0.2, 0.25) is 0 Å². The minimum atomic E-state index is -0.693. The molecule has 0 aromatic heterocycles. The van der Waals surface area contributed by atoms with Crippen LogP contribution in [0.5, 0.6) is 0 Å². The Morgan fingerprint density at radius 3 is 2.50 bits per heavy atom. The highest BCUT2D eigenvalue weighted by Gasteiger charge is 2.33. The number of urea groups is 1. The summed E-state index contributed by atoms with van der Waals surface area (Å²) in [6, 6.07) is 17.2. The number of anilines is 1. The van der Waals surface area contributed by atoms with Crippen molar-refractivity contribution in [2.75, 3.05) is 11.9 Å². The predicted octanol–water partition coefficient (Wildman–Crippen LogP) is 5.80. The lowest BCUT2D eigenvalue weighted by Crippen LogP contribution is -2.43. The summed E-state index contributed by atoms with van der Waals surface area (Å²) in [7, 11) is 0. The van der Waals surface area contributed by atoms with Crippen molar-refractivity contribution in [1.29, 1.82) is 0 Å². The van der Waals surface area contributed by atoms with Crippen molar-refractivity contribution in [3.8, 4) is 0 Å². The van der Waals surface area contributed by atoms with Gasteiger partial charge in [-0.3, -0.25) is 0 Å². The van der Waals surface area contributed by atoms with Crippen LogP contribution < -0.4 is 5.32 Å². The average molecular weight is 399 g/mol. The van der Waals surface area contributed by atoms with Gasteiger partial charge >= 0.3 is 6.03 Å². The molecule has 0 saturated heterocycles. The largest absolute Gasteiger partial charge is 0.322 e. The summed E-state index contributed by atoms with van der Waals surface area (Å²) in [6.07, 6.45) is 0.663. The summed E-state index contributed by atoms with van der Waals surface area (Å²) < 4.78 is 27.5. The molecule has 0 radical (unpaired) electrons. The van der Waals surface area contributed by atoms with Crippen LogP contribution in [0.4, 0.5) is 19.3 Å². The van der Waals surface area contributed by atoms with Crippen LogP contribution in [-0.4, -0.2) is 17.5 Å². The van der Waals surface area contributed by atoms with Gasteiger partial charge in [-0.1, -0.05) is 54.1 Å². The minimum absolute atomic E-state index is 0.193. The van der Waals surface area contributed by atoms with Crippen LogP contribution >= 0.6 is 11.6 Å². The number of hydrogen-bond acceptors (Lipinski definition) is 1. The number of carbonyl (C=O) groups excluding carboxylic acids is 1. The van der Waals surface area contributed by atoms with Crippen LogP contribution in [0.15, 0.2) is 66.7 Å². The summed E-state index contributed by atoms with van der Waals surface area (Å²) in [6.45, 7) is 0.426. The number of halogens is 3. The first-order valence-corrected chi connectivity index (χ1v) is 9.27. The van der Waals surface area contributed by atoms with Crippen molar-refractivity contribution >= 4 is 23.3 Å². The van der Waals surface area contributed by atoms with Gasteiger partial charge in [0.25, 0.3) is 0 Å². The van der Waals surface area contributed by atoms with Gasteiger partial charge in [0.15, 0.2) is 0 Å². The highest BCUT2D eigenvalue weighted by Crippen LogP contribution is 2.38. The molecule has 1 N–H and O–H groups in total. The van der Waals surface area contributed by atoms with Crippen LogP contribution in [0.3, 0.4) is 0 Å². The summed E-state index contributed by atoms with van der Waals surface area (Å²) in [5.41, 5.74) is 2.69. The monoisotopic (exact) mass is 398 g/mol. The Morgan fingerprint density at radius 1 is 1.00 bits per heavy atom. The number of hydrogen-bond donors (Lipinski definition) is 1. The molecule has 0 unspecified atom stereocenters. The Balaban J connectivity index is 1.74. The smallest absolute Gasteiger partial charge is 0.313 e. The second-order valence-electron chi connectivity index (χ2n) is 6.62. The highest BCUT2D eigenvalue weighted by atomic mass is 35.5. The number of amides is 2. The maximum Gasteiger partial charge on any atom is 0.322 e. The molecule has 142 valence electrons. The van der Waals surface area contributed by atoms with E-state index in [0.29, 0.717) is 18.0 Å². The third kappa shape index (κ3) is 3.45. The standard InChI is InChI=1S/C22H17ClF2N2O/c23-18-8-4-3-7-17(18)21-16-6-2-1-5-14(16)11-12-27(21)22(28)26-20-13-15(24)9-10-19(20)25/h1-10,13,21H,11-12H2,(H,26,28)/t21-/m1/s1. The molecule has 0 saturated carbocycles. The van der Waals surface area contributed by atoms with Crippen LogP contribution in [0.1, 0.15) is 22.7 Å². The van der Waals surface area contributed by atoms with Gasteiger partial charge in [0.1, 0.15) is 11.6 Å². The maximum atomic E-state index is 14.0. The summed E-state index contributed by atoms with van der Waals surface area (Å²) in [5.74, 6) is -1.32. The van der Waals surface area contributed by atoms with E-state index in [1.54, 1.807) is 11.0 Å². The van der Waals surface area contributed by atoms with E-state index in [4.69, 9.17) is 11.6 Å². The van der Waals surface area contributed by atoms with Crippen LogP contribution in [0, 0.1) is 11.6 Å². The Labute approximate surface area is 166 Å². The third-order valence-electron chi connectivity index (χ3n) is 4.91. The van der Waals surface area contributed by atoms with Gasteiger partial charge in [0.05, 0.1) is 11.7 Å². The first-order chi connectivity index (χ1) is 13.5. The van der Waals surface area contributed by atoms with Crippen molar-refractivity contribution in [3.63, 3.8) is 0 Å². The lowest BCUT2D eigenvalue weighted by Gasteiger charge is -2.38. The molecule has 1 aliphatic rings. The molecule has 1 aliphatic heterocycles. The Bertz CT molecular complexity index is 1040. The number of carbonyl (C=O) groups is 1. The second-order valence-corrected chi connectivity index (χ2v) is 7.03. The van der Waals surface area contributed by atoms with E-state index in [-0.39, 0.29) is 5.69 Å². The molecular weight excluding hydrogens is 382 g/mol. The van der Waals surface area contributed by atoms with Crippen LogP contribution in [-0.2, 0) is 6.42 Å². The highest BCUT2D eigenvalue weighted by molar-refractivity contribution is 6.31. The van der Waals surface area contributed by atoms with E-state index in [0.717, 1.165) is 34.9 Å². The summed E-state index contributed by atoms with van der Waals surface area (Å²) >= 11 is 6.43. The molecule has 0 spiro atoms. The van der Waals surface area contributed by atoms with Gasteiger partial charge in [-0.25, -0.2) is 13.6 Å². The molecule has 0 aliphatic carbocycles. The zero-order valence-electron chi connectivity index (χ0n) is 14.8. The summed E-state index contributed by atoms with van der Waals surface area (Å²) in [5, 5.41) is 3.04. The molecule has 3 aromatic carbocycles. The molecule has 0 bridgehead atoms. The van der Waals surface area contributed by atoms with Gasteiger partial charge in [-0.2, -0.15) is 0 Å². The molecule has 3 aromatic rings. The number of nitrogens with zero attached hydrogens (tertiary/aromatic N) is 1. The zero-order chi connectivity index (χ0) is 19.7. The van der Waals surface area contributed by atoms with E-state index in [1.165, 1.54) is 0 Å². The van der Waals surface area contributed by atoms with Gasteiger partial charge in [-0.05, 0) is 41.3 Å². The van der Waals surface area contributed by atoms with E-state index >= 15 is 0 Å². The van der Waals surface area contributed by atoms with Crippen LogP contribution in [0.25, 0.3) is 0 Å². The van der Waals surface area contributed by atoms with Crippen LogP contribution in [0.2, 0.25) is 5.02 Å². The van der Waals surface area contributed by atoms with Crippen molar-refractivity contribution in [1.82, 2.24) is 4.90 Å². The number of fused-ring (bicyclic) bond motifs is 1. The van der Waals surface area contributed by atoms with E-state index in [9.17, 15) is 13.6 Å². The quantitative estimate of drug-likeness (QED) is 0.581. The topological polar surface area (TPSA) is 32.3 Å². The van der Waals surface area contributed by atoms with Gasteiger partial charge < -0.3 is 10.2 Å². The first kappa shape index (κ1) is 18.4. The molecule has 4 rings (SSSR count). The van der Waals surface area contributed by atoms with E-state index in [2.05, 4.69) is 5.32 Å².